The number of benzene rings is 1. The number of para-hydroxylation sites is 1. The van der Waals surface area contributed by atoms with Gasteiger partial charge >= 0.3 is 0 Å². The molecule has 0 N–H and O–H groups in total. The topological polar surface area (TPSA) is 48.2 Å². The van der Waals surface area contributed by atoms with Crippen LogP contribution in [0.4, 0.5) is 0 Å². The number of alkyl halides is 1. The van der Waals surface area contributed by atoms with Gasteiger partial charge in [-0.2, -0.15) is 0 Å². The number of rotatable bonds is 6. The summed E-state index contributed by atoms with van der Waals surface area (Å²) in [4.78, 5) is 0. The Balaban J connectivity index is 2.20. The molecule has 0 radical (unpaired) electrons. The molecular formula is C13H15ClN2O2. The lowest BCUT2D eigenvalue weighted by molar-refractivity contribution is 0.309. The fraction of sp³-hybridized carbons (Fsp3) is 0.385. The number of nitrogens with zero attached hydrogens (tertiary/aromatic N) is 2. The van der Waals surface area contributed by atoms with Crippen LogP contribution < -0.4 is 4.74 Å². The molecule has 0 bridgehead atoms. The molecule has 5 heteroatoms. The first-order chi connectivity index (χ1) is 8.85. The molecule has 18 heavy (non-hydrogen) atoms. The Morgan fingerprint density at radius 2 is 2.11 bits per heavy atom. The van der Waals surface area contributed by atoms with E-state index >= 15 is 0 Å². The van der Waals surface area contributed by atoms with E-state index in [1.54, 1.807) is 0 Å². The highest BCUT2D eigenvalue weighted by Gasteiger charge is 2.12. The predicted octanol–water partition coefficient (Wildman–Crippen LogP) is 3.65. The molecule has 1 heterocycles. The first kappa shape index (κ1) is 12.9. The van der Waals surface area contributed by atoms with E-state index in [9.17, 15) is 0 Å². The van der Waals surface area contributed by atoms with Crippen molar-refractivity contribution in [1.29, 1.82) is 0 Å². The van der Waals surface area contributed by atoms with Crippen LogP contribution in [-0.4, -0.2) is 16.8 Å². The SMILES string of the molecule is CCCCOc1ccccc1-c1nnc(CCl)o1. The van der Waals surface area contributed by atoms with Crippen molar-refractivity contribution in [3.05, 3.63) is 30.2 Å². The van der Waals surface area contributed by atoms with E-state index in [-0.39, 0.29) is 5.88 Å². The van der Waals surface area contributed by atoms with Crippen molar-refractivity contribution < 1.29 is 9.15 Å². The van der Waals surface area contributed by atoms with Gasteiger partial charge < -0.3 is 9.15 Å². The van der Waals surface area contributed by atoms with Gasteiger partial charge in [-0.15, -0.1) is 21.8 Å². The van der Waals surface area contributed by atoms with Crippen molar-refractivity contribution in [2.24, 2.45) is 0 Å². The van der Waals surface area contributed by atoms with Crippen molar-refractivity contribution >= 4 is 11.6 Å². The number of ether oxygens (including phenoxy) is 1. The highest BCUT2D eigenvalue weighted by Crippen LogP contribution is 2.29. The van der Waals surface area contributed by atoms with Crippen molar-refractivity contribution in [2.75, 3.05) is 6.61 Å². The quantitative estimate of drug-likeness (QED) is 0.591. The maximum atomic E-state index is 5.71. The van der Waals surface area contributed by atoms with Crippen LogP contribution in [0.5, 0.6) is 5.75 Å². The third-order valence-electron chi connectivity index (χ3n) is 2.45. The van der Waals surface area contributed by atoms with Crippen LogP contribution in [0.15, 0.2) is 28.7 Å². The molecular weight excluding hydrogens is 252 g/mol. The minimum atomic E-state index is 0.214. The third kappa shape index (κ3) is 3.01. The maximum Gasteiger partial charge on any atom is 0.251 e. The molecule has 0 spiro atoms. The summed E-state index contributed by atoms with van der Waals surface area (Å²) in [5.74, 6) is 1.83. The summed E-state index contributed by atoms with van der Waals surface area (Å²) in [7, 11) is 0. The molecule has 4 nitrogen and oxygen atoms in total. The number of aromatic nitrogens is 2. The molecule has 96 valence electrons. The Labute approximate surface area is 111 Å². The Morgan fingerprint density at radius 1 is 1.28 bits per heavy atom. The van der Waals surface area contributed by atoms with Gasteiger partial charge in [-0.25, -0.2) is 0 Å². The van der Waals surface area contributed by atoms with Crippen LogP contribution in [0.1, 0.15) is 25.7 Å². The van der Waals surface area contributed by atoms with Gasteiger partial charge in [-0.3, -0.25) is 0 Å². The fourth-order valence-corrected chi connectivity index (χ4v) is 1.62. The molecule has 2 aromatic rings. The van der Waals surface area contributed by atoms with E-state index < -0.39 is 0 Å². The van der Waals surface area contributed by atoms with E-state index in [2.05, 4.69) is 17.1 Å². The second-order valence-corrected chi connectivity index (χ2v) is 4.10. The number of hydrogen-bond acceptors (Lipinski definition) is 4. The van der Waals surface area contributed by atoms with Crippen LogP contribution in [-0.2, 0) is 5.88 Å². The smallest absolute Gasteiger partial charge is 0.251 e. The zero-order valence-corrected chi connectivity index (χ0v) is 11.0. The average Bonchev–Trinajstić information content (AvgIpc) is 2.88. The average molecular weight is 267 g/mol. The Bertz CT molecular complexity index is 499. The molecule has 0 saturated heterocycles. The molecule has 2 rings (SSSR count). The molecule has 0 atom stereocenters. The Morgan fingerprint density at radius 3 is 2.83 bits per heavy atom. The first-order valence-electron chi connectivity index (χ1n) is 5.95. The lowest BCUT2D eigenvalue weighted by atomic mass is 10.2. The predicted molar refractivity (Wildman–Crippen MR) is 69.7 cm³/mol. The van der Waals surface area contributed by atoms with Crippen LogP contribution in [0, 0.1) is 0 Å². The van der Waals surface area contributed by atoms with E-state index in [0.29, 0.717) is 18.4 Å². The van der Waals surface area contributed by atoms with E-state index in [1.165, 1.54) is 0 Å². The van der Waals surface area contributed by atoms with Crippen LogP contribution in [0.3, 0.4) is 0 Å². The largest absolute Gasteiger partial charge is 0.493 e. The summed E-state index contributed by atoms with van der Waals surface area (Å²) >= 11 is 5.64. The summed E-state index contributed by atoms with van der Waals surface area (Å²) < 4.78 is 11.1. The van der Waals surface area contributed by atoms with Gasteiger partial charge in [0.1, 0.15) is 11.6 Å². The van der Waals surface area contributed by atoms with Gasteiger partial charge in [-0.05, 0) is 18.6 Å². The van der Waals surface area contributed by atoms with Crippen LogP contribution >= 0.6 is 11.6 Å². The summed E-state index contributed by atoms with van der Waals surface area (Å²) in [6.45, 7) is 2.81. The summed E-state index contributed by atoms with van der Waals surface area (Å²) in [6, 6.07) is 7.62. The van der Waals surface area contributed by atoms with Crippen molar-refractivity contribution in [1.82, 2.24) is 10.2 Å². The second-order valence-electron chi connectivity index (χ2n) is 3.83. The summed E-state index contributed by atoms with van der Waals surface area (Å²) in [6.07, 6.45) is 2.12. The summed E-state index contributed by atoms with van der Waals surface area (Å²) in [5.41, 5.74) is 0.803. The normalized spacial score (nSPS) is 10.6. The van der Waals surface area contributed by atoms with Crippen molar-refractivity contribution in [3.8, 4) is 17.2 Å². The molecule has 0 aliphatic rings. The third-order valence-corrected chi connectivity index (χ3v) is 2.68. The van der Waals surface area contributed by atoms with E-state index in [1.807, 2.05) is 24.3 Å². The Kier molecular flexibility index (Phi) is 4.59. The lowest BCUT2D eigenvalue weighted by Gasteiger charge is -2.08. The zero-order valence-electron chi connectivity index (χ0n) is 10.2. The van der Waals surface area contributed by atoms with Gasteiger partial charge in [0.05, 0.1) is 12.2 Å². The van der Waals surface area contributed by atoms with Crippen molar-refractivity contribution in [2.45, 2.75) is 25.6 Å². The molecule has 0 amide bonds. The maximum absolute atomic E-state index is 5.71. The molecule has 0 aliphatic heterocycles. The minimum Gasteiger partial charge on any atom is -0.493 e. The molecule has 0 aliphatic carbocycles. The number of unbranched alkanes of at least 4 members (excludes halogenated alkanes) is 1. The highest BCUT2D eigenvalue weighted by molar-refractivity contribution is 6.16. The molecule has 1 aromatic heterocycles. The molecule has 0 saturated carbocycles. The van der Waals surface area contributed by atoms with E-state index in [0.717, 1.165) is 24.2 Å². The van der Waals surface area contributed by atoms with Gasteiger partial charge in [-0.1, -0.05) is 25.5 Å². The number of halogens is 1. The monoisotopic (exact) mass is 266 g/mol. The van der Waals surface area contributed by atoms with E-state index in [4.69, 9.17) is 20.8 Å². The van der Waals surface area contributed by atoms with Crippen LogP contribution in [0.2, 0.25) is 0 Å². The summed E-state index contributed by atoms with van der Waals surface area (Å²) in [5, 5.41) is 7.81. The standard InChI is InChI=1S/C13H15ClN2O2/c1-2-3-8-17-11-7-5-4-6-10(11)13-16-15-12(9-14)18-13/h4-7H,2-3,8-9H2,1H3. The molecule has 0 unspecified atom stereocenters. The van der Waals surface area contributed by atoms with Crippen LogP contribution in [0.25, 0.3) is 11.5 Å². The van der Waals surface area contributed by atoms with Gasteiger partial charge in [0, 0.05) is 0 Å². The van der Waals surface area contributed by atoms with Gasteiger partial charge in [0.15, 0.2) is 0 Å². The highest BCUT2D eigenvalue weighted by atomic mass is 35.5. The molecule has 0 fully saturated rings. The number of hydrogen-bond donors (Lipinski definition) is 0. The van der Waals surface area contributed by atoms with Gasteiger partial charge in [0.25, 0.3) is 5.89 Å². The zero-order chi connectivity index (χ0) is 12.8. The fourth-order valence-electron chi connectivity index (χ4n) is 1.51. The second kappa shape index (κ2) is 6.40. The Hall–Kier alpha value is -1.55. The minimum absolute atomic E-state index is 0.214. The van der Waals surface area contributed by atoms with Gasteiger partial charge in [0.2, 0.25) is 5.89 Å². The first-order valence-corrected chi connectivity index (χ1v) is 6.49. The molecule has 1 aromatic carbocycles. The lowest BCUT2D eigenvalue weighted by Crippen LogP contribution is -1.98. The van der Waals surface area contributed by atoms with Crippen molar-refractivity contribution in [3.63, 3.8) is 0 Å².